The Morgan fingerprint density at radius 3 is 2.49 bits per heavy atom. The van der Waals surface area contributed by atoms with Crippen LogP contribution in [0.1, 0.15) is 40.0 Å². The molecule has 4 aliphatic heterocycles. The fourth-order valence-corrected chi connectivity index (χ4v) is 6.60. The van der Waals surface area contributed by atoms with Gasteiger partial charge in [0.05, 0.1) is 37.2 Å². The smallest absolute Gasteiger partial charge is 0.249 e. The Hall–Kier alpha value is -3.17. The van der Waals surface area contributed by atoms with Crippen molar-refractivity contribution < 1.29 is 29.0 Å². The topological polar surface area (TPSA) is 99.6 Å². The number of benzene rings is 1. The third-order valence-electron chi connectivity index (χ3n) is 8.50. The van der Waals surface area contributed by atoms with Crippen LogP contribution in [0, 0.1) is 11.8 Å². The monoisotopic (exact) mass is 537 g/mol. The molecule has 1 N–H and O–H groups in total. The first kappa shape index (κ1) is 27.4. The summed E-state index contributed by atoms with van der Waals surface area (Å²) in [7, 11) is 0. The van der Waals surface area contributed by atoms with Crippen molar-refractivity contribution in [2.45, 2.75) is 63.8 Å². The fraction of sp³-hybridized carbons (Fsp3) is 0.567. The van der Waals surface area contributed by atoms with E-state index in [9.17, 15) is 19.5 Å². The van der Waals surface area contributed by atoms with Crippen LogP contribution >= 0.6 is 0 Å². The zero-order chi connectivity index (χ0) is 27.7. The lowest BCUT2D eigenvalue weighted by Gasteiger charge is -2.38. The molecule has 0 saturated carbocycles. The summed E-state index contributed by atoms with van der Waals surface area (Å²) >= 11 is 0. The van der Waals surface area contributed by atoms with Crippen molar-refractivity contribution in [1.82, 2.24) is 9.80 Å². The van der Waals surface area contributed by atoms with E-state index in [1.54, 1.807) is 9.80 Å². The molecule has 0 aliphatic carbocycles. The minimum Gasteiger partial charge on any atom is -0.494 e. The first-order chi connectivity index (χ1) is 18.9. The van der Waals surface area contributed by atoms with E-state index in [-0.39, 0.29) is 24.3 Å². The number of hydrogen-bond donors (Lipinski definition) is 1. The predicted molar refractivity (Wildman–Crippen MR) is 146 cm³/mol. The highest BCUT2D eigenvalue weighted by molar-refractivity contribution is 6.04. The molecule has 0 aromatic heterocycles. The molecule has 5 rings (SSSR count). The van der Waals surface area contributed by atoms with Crippen LogP contribution in [0.3, 0.4) is 0 Å². The molecule has 2 saturated heterocycles. The fourth-order valence-electron chi connectivity index (χ4n) is 6.60. The number of hydrogen-bond acceptors (Lipinski definition) is 6. The number of aliphatic hydroxyl groups excluding tert-OH is 1. The first-order valence-electron chi connectivity index (χ1n) is 14.2. The van der Waals surface area contributed by atoms with Crippen molar-refractivity contribution in [3.63, 3.8) is 0 Å². The predicted octanol–water partition coefficient (Wildman–Crippen LogP) is 2.54. The molecule has 0 radical (unpaired) electrons. The molecular weight excluding hydrogens is 498 g/mol. The molecule has 6 atom stereocenters. The van der Waals surface area contributed by atoms with Gasteiger partial charge < -0.3 is 29.3 Å². The summed E-state index contributed by atoms with van der Waals surface area (Å²) in [6.45, 7) is 7.49. The van der Waals surface area contributed by atoms with Gasteiger partial charge in [0.1, 0.15) is 17.4 Å². The van der Waals surface area contributed by atoms with Crippen molar-refractivity contribution in [1.29, 1.82) is 0 Å². The van der Waals surface area contributed by atoms with E-state index in [0.29, 0.717) is 44.1 Å². The van der Waals surface area contributed by atoms with Crippen LogP contribution in [0.5, 0.6) is 5.75 Å². The number of carbonyl (C=O) groups excluding carboxylic acids is 3. The summed E-state index contributed by atoms with van der Waals surface area (Å²) in [5.74, 6) is -1.67. The van der Waals surface area contributed by atoms with E-state index >= 15 is 0 Å². The number of aliphatic hydroxyl groups is 1. The number of nitrogens with zero attached hydrogens (tertiary/aromatic N) is 3. The SMILES string of the molecule is CCCCN1CC=C[C@]23O[C@H]4C=CCN(c5ccc(OCC)cc5)C(=O)[C@H]4[C@H]2C(=O)N([C@@H](CC)CO)C3C1=O. The molecule has 9 heteroatoms. The van der Waals surface area contributed by atoms with Crippen molar-refractivity contribution in [3.05, 3.63) is 48.6 Å². The summed E-state index contributed by atoms with van der Waals surface area (Å²) in [6, 6.07) is 5.85. The van der Waals surface area contributed by atoms with E-state index in [1.165, 1.54) is 4.90 Å². The zero-order valence-corrected chi connectivity index (χ0v) is 23.0. The molecule has 4 aliphatic rings. The largest absolute Gasteiger partial charge is 0.494 e. The molecule has 1 unspecified atom stereocenters. The Morgan fingerprint density at radius 2 is 1.82 bits per heavy atom. The highest BCUT2D eigenvalue weighted by Crippen LogP contribution is 2.54. The van der Waals surface area contributed by atoms with E-state index in [2.05, 4.69) is 6.92 Å². The van der Waals surface area contributed by atoms with Crippen molar-refractivity contribution in [2.24, 2.45) is 11.8 Å². The molecule has 1 aromatic rings. The van der Waals surface area contributed by atoms with E-state index in [0.717, 1.165) is 12.8 Å². The molecule has 9 nitrogen and oxygen atoms in total. The number of ether oxygens (including phenoxy) is 2. The lowest BCUT2D eigenvalue weighted by molar-refractivity contribution is -0.150. The molecule has 4 heterocycles. The van der Waals surface area contributed by atoms with Crippen LogP contribution in [0.2, 0.25) is 0 Å². The molecule has 3 amide bonds. The van der Waals surface area contributed by atoms with Crippen LogP contribution in [0.4, 0.5) is 5.69 Å². The average molecular weight is 538 g/mol. The van der Waals surface area contributed by atoms with Crippen molar-refractivity contribution in [3.8, 4) is 5.75 Å². The van der Waals surface area contributed by atoms with Crippen molar-refractivity contribution in [2.75, 3.05) is 37.7 Å². The zero-order valence-electron chi connectivity index (χ0n) is 23.0. The average Bonchev–Trinajstić information content (AvgIpc) is 3.26. The maximum absolute atomic E-state index is 14.3. The van der Waals surface area contributed by atoms with Gasteiger partial charge in [-0.1, -0.05) is 44.6 Å². The Labute approximate surface area is 230 Å². The normalized spacial score (nSPS) is 30.7. The van der Waals surface area contributed by atoms with Crippen LogP contribution in [0.15, 0.2) is 48.6 Å². The Morgan fingerprint density at radius 1 is 1.05 bits per heavy atom. The van der Waals surface area contributed by atoms with Gasteiger partial charge in [0, 0.05) is 25.3 Å². The van der Waals surface area contributed by atoms with E-state index in [4.69, 9.17) is 9.47 Å². The Bertz CT molecular complexity index is 1150. The Kier molecular flexibility index (Phi) is 7.82. The minimum absolute atomic E-state index is 0.188. The minimum atomic E-state index is -1.28. The quantitative estimate of drug-likeness (QED) is 0.486. The first-order valence-corrected chi connectivity index (χ1v) is 14.2. The number of anilines is 1. The van der Waals surface area contributed by atoms with Gasteiger partial charge in [-0.25, -0.2) is 0 Å². The summed E-state index contributed by atoms with van der Waals surface area (Å²) < 4.78 is 12.2. The van der Waals surface area contributed by atoms with Crippen LogP contribution < -0.4 is 9.64 Å². The maximum atomic E-state index is 14.3. The van der Waals surface area contributed by atoms with Crippen LogP contribution in [-0.4, -0.2) is 89.3 Å². The molecule has 1 aromatic carbocycles. The molecular formula is C30H39N3O6. The summed E-state index contributed by atoms with van der Waals surface area (Å²) in [5, 5.41) is 10.2. The second-order valence-electron chi connectivity index (χ2n) is 10.7. The van der Waals surface area contributed by atoms with E-state index in [1.807, 2.05) is 62.4 Å². The lowest BCUT2D eigenvalue weighted by Crippen LogP contribution is -2.58. The van der Waals surface area contributed by atoms with Gasteiger partial charge in [0.2, 0.25) is 17.7 Å². The van der Waals surface area contributed by atoms with Gasteiger partial charge in [-0.2, -0.15) is 0 Å². The molecule has 210 valence electrons. The van der Waals surface area contributed by atoms with E-state index < -0.39 is 35.6 Å². The third kappa shape index (κ3) is 4.45. The van der Waals surface area contributed by atoms with Gasteiger partial charge in [0.25, 0.3) is 0 Å². The van der Waals surface area contributed by atoms with Crippen LogP contribution in [0.25, 0.3) is 0 Å². The standard InChI is InChI=1S/C30H39N3O6/c1-4-7-16-31-17-9-15-30-25(28(36)33(20(5-2)19-34)26(30)29(31)37)24-23(39-30)10-8-18-32(27(24)35)21-11-13-22(14-12-21)38-6-3/h8-15,20,23-26,34H,4-7,16-19H2,1-3H3/t20-,23-,24+,25-,26?,30-/m0/s1. The van der Waals surface area contributed by atoms with Gasteiger partial charge in [-0.15, -0.1) is 0 Å². The summed E-state index contributed by atoms with van der Waals surface area (Å²) in [6.07, 6.45) is 9.13. The van der Waals surface area contributed by atoms with Gasteiger partial charge >= 0.3 is 0 Å². The highest BCUT2D eigenvalue weighted by atomic mass is 16.5. The summed E-state index contributed by atoms with van der Waals surface area (Å²) in [5.41, 5.74) is -0.580. The number of carbonyl (C=O) groups is 3. The van der Waals surface area contributed by atoms with Gasteiger partial charge in [-0.05, 0) is 44.0 Å². The highest BCUT2D eigenvalue weighted by Gasteiger charge is 2.72. The number of rotatable bonds is 9. The molecule has 2 fully saturated rings. The number of likely N-dealkylation sites (tertiary alicyclic amines) is 1. The second kappa shape index (κ2) is 11.1. The number of amides is 3. The maximum Gasteiger partial charge on any atom is 0.249 e. The summed E-state index contributed by atoms with van der Waals surface area (Å²) in [4.78, 5) is 47.6. The van der Waals surface area contributed by atoms with Gasteiger partial charge in [-0.3, -0.25) is 14.4 Å². The van der Waals surface area contributed by atoms with Crippen molar-refractivity contribution >= 4 is 23.4 Å². The van der Waals surface area contributed by atoms with Gasteiger partial charge in [0.15, 0.2) is 0 Å². The van der Waals surface area contributed by atoms with Crippen LogP contribution in [-0.2, 0) is 19.1 Å². The lowest BCUT2D eigenvalue weighted by atomic mass is 9.77. The number of unbranched alkanes of at least 4 members (excludes halogenated alkanes) is 1. The number of fused-ring (bicyclic) bond motifs is 2. The second-order valence-corrected chi connectivity index (χ2v) is 10.7. The third-order valence-corrected chi connectivity index (χ3v) is 8.50. The molecule has 39 heavy (non-hydrogen) atoms. The molecule has 1 spiro atoms. The Balaban J connectivity index is 1.55. The molecule has 0 bridgehead atoms.